The van der Waals surface area contributed by atoms with Crippen molar-refractivity contribution < 1.29 is 9.47 Å². The molecule has 0 radical (unpaired) electrons. The largest absolute Gasteiger partial charge is 0.493 e. The number of nitrogen functional groups attached to an aromatic ring is 1. The summed E-state index contributed by atoms with van der Waals surface area (Å²) in [7, 11) is 1.56. The minimum absolute atomic E-state index is 0.487. The maximum atomic E-state index is 5.64. The number of hydrogen-bond donors (Lipinski definition) is 1. The quantitative estimate of drug-likeness (QED) is 0.829. The normalized spacial score (nSPS) is 10.1. The average molecular weight is 237 g/mol. The molecule has 5 nitrogen and oxygen atoms in total. The molecule has 1 aromatic carbocycles. The lowest BCUT2D eigenvalue weighted by Crippen LogP contribution is -1.92. The maximum absolute atomic E-state index is 5.64. The van der Waals surface area contributed by atoms with Crippen LogP contribution in [0.25, 0.3) is 0 Å². The molecule has 84 valence electrons. The summed E-state index contributed by atoms with van der Waals surface area (Å²) >= 11 is 1.20. The predicted molar refractivity (Wildman–Crippen MR) is 62.1 cm³/mol. The van der Waals surface area contributed by atoms with Gasteiger partial charge in [-0.1, -0.05) is 0 Å². The van der Waals surface area contributed by atoms with Crippen LogP contribution >= 0.6 is 11.5 Å². The molecule has 0 saturated carbocycles. The molecule has 0 aliphatic heterocycles. The molecule has 0 bridgehead atoms. The second-order valence-electron chi connectivity index (χ2n) is 3.12. The first kappa shape index (κ1) is 10.7. The van der Waals surface area contributed by atoms with Gasteiger partial charge < -0.3 is 15.2 Å². The van der Waals surface area contributed by atoms with Gasteiger partial charge in [0.15, 0.2) is 11.5 Å². The van der Waals surface area contributed by atoms with E-state index in [0.29, 0.717) is 28.2 Å². The maximum Gasteiger partial charge on any atom is 0.298 e. The Hall–Kier alpha value is -1.82. The number of hydrogen-bond acceptors (Lipinski definition) is 6. The van der Waals surface area contributed by atoms with Crippen LogP contribution in [0.5, 0.6) is 16.7 Å². The van der Waals surface area contributed by atoms with Crippen LogP contribution < -0.4 is 15.2 Å². The highest BCUT2D eigenvalue weighted by molar-refractivity contribution is 7.07. The summed E-state index contributed by atoms with van der Waals surface area (Å²) in [6.07, 6.45) is 0. The number of aromatic nitrogens is 2. The van der Waals surface area contributed by atoms with Gasteiger partial charge in [-0.05, 0) is 19.1 Å². The van der Waals surface area contributed by atoms with Crippen molar-refractivity contribution in [2.24, 2.45) is 0 Å². The summed E-state index contributed by atoms with van der Waals surface area (Å²) in [6, 6.07) is 5.18. The molecule has 2 N–H and O–H groups in total. The first-order chi connectivity index (χ1) is 7.69. The lowest BCUT2D eigenvalue weighted by atomic mass is 10.3. The molecule has 0 spiro atoms. The van der Waals surface area contributed by atoms with Crippen molar-refractivity contribution in [1.29, 1.82) is 0 Å². The summed E-state index contributed by atoms with van der Waals surface area (Å²) in [5, 5.41) is 0.487. The lowest BCUT2D eigenvalue weighted by Gasteiger charge is -2.07. The number of nitrogens with zero attached hydrogens (tertiary/aromatic N) is 2. The molecular weight excluding hydrogens is 226 g/mol. The number of rotatable bonds is 3. The lowest BCUT2D eigenvalue weighted by molar-refractivity contribution is 0.378. The smallest absolute Gasteiger partial charge is 0.298 e. The minimum atomic E-state index is 0.487. The monoisotopic (exact) mass is 237 g/mol. The zero-order valence-electron chi connectivity index (χ0n) is 8.93. The first-order valence-corrected chi connectivity index (χ1v) is 5.38. The van der Waals surface area contributed by atoms with Crippen LogP contribution in [0, 0.1) is 6.92 Å². The Morgan fingerprint density at radius 1 is 1.31 bits per heavy atom. The molecule has 6 heteroatoms. The molecule has 2 rings (SSSR count). The van der Waals surface area contributed by atoms with Crippen LogP contribution in [-0.2, 0) is 0 Å². The van der Waals surface area contributed by atoms with E-state index < -0.39 is 0 Å². The van der Waals surface area contributed by atoms with Crippen LogP contribution in [0.15, 0.2) is 18.2 Å². The molecular formula is C10H11N3O2S. The van der Waals surface area contributed by atoms with Crippen molar-refractivity contribution in [2.75, 3.05) is 12.8 Å². The van der Waals surface area contributed by atoms with Crippen LogP contribution in [0.1, 0.15) is 5.82 Å². The van der Waals surface area contributed by atoms with Crippen LogP contribution in [0.3, 0.4) is 0 Å². The van der Waals surface area contributed by atoms with Gasteiger partial charge in [0, 0.05) is 23.3 Å². The van der Waals surface area contributed by atoms with E-state index in [2.05, 4.69) is 9.36 Å². The number of anilines is 1. The van der Waals surface area contributed by atoms with Crippen LogP contribution in [0.2, 0.25) is 0 Å². The summed E-state index contributed by atoms with van der Waals surface area (Å²) < 4.78 is 14.7. The molecule has 0 saturated heterocycles. The van der Waals surface area contributed by atoms with Gasteiger partial charge in [0.1, 0.15) is 5.82 Å². The fourth-order valence-corrected chi connectivity index (χ4v) is 1.73. The average Bonchev–Trinajstić information content (AvgIpc) is 2.67. The Kier molecular flexibility index (Phi) is 2.91. The van der Waals surface area contributed by atoms with Crippen molar-refractivity contribution in [3.63, 3.8) is 0 Å². The van der Waals surface area contributed by atoms with Gasteiger partial charge in [-0.2, -0.15) is 9.36 Å². The Balaban J connectivity index is 2.27. The van der Waals surface area contributed by atoms with Crippen molar-refractivity contribution in [3.05, 3.63) is 24.0 Å². The number of aryl methyl sites for hydroxylation is 1. The summed E-state index contributed by atoms with van der Waals surface area (Å²) in [5.41, 5.74) is 6.26. The van der Waals surface area contributed by atoms with Gasteiger partial charge in [-0.15, -0.1) is 0 Å². The van der Waals surface area contributed by atoms with E-state index in [4.69, 9.17) is 15.2 Å². The van der Waals surface area contributed by atoms with Crippen molar-refractivity contribution >= 4 is 17.2 Å². The minimum Gasteiger partial charge on any atom is -0.493 e. The zero-order valence-corrected chi connectivity index (χ0v) is 9.75. The highest BCUT2D eigenvalue weighted by atomic mass is 32.1. The fraction of sp³-hybridized carbons (Fsp3) is 0.200. The van der Waals surface area contributed by atoms with Crippen molar-refractivity contribution in [3.8, 4) is 16.7 Å². The van der Waals surface area contributed by atoms with Crippen LogP contribution in [0.4, 0.5) is 5.69 Å². The molecule has 0 aliphatic rings. The van der Waals surface area contributed by atoms with Gasteiger partial charge >= 0.3 is 0 Å². The summed E-state index contributed by atoms with van der Waals surface area (Å²) in [6.45, 7) is 1.81. The Morgan fingerprint density at radius 2 is 2.12 bits per heavy atom. The summed E-state index contributed by atoms with van der Waals surface area (Å²) in [5.74, 6) is 1.84. The second kappa shape index (κ2) is 4.36. The van der Waals surface area contributed by atoms with E-state index in [-0.39, 0.29) is 0 Å². The van der Waals surface area contributed by atoms with E-state index in [1.807, 2.05) is 6.92 Å². The van der Waals surface area contributed by atoms with Crippen molar-refractivity contribution in [1.82, 2.24) is 9.36 Å². The molecule has 16 heavy (non-hydrogen) atoms. The van der Waals surface area contributed by atoms with Gasteiger partial charge in [0.25, 0.3) is 5.19 Å². The molecule has 0 unspecified atom stereocenters. The predicted octanol–water partition coefficient (Wildman–Crippen LogP) is 2.23. The Labute approximate surface area is 97.0 Å². The fourth-order valence-electron chi connectivity index (χ4n) is 1.18. The molecule has 0 atom stereocenters. The van der Waals surface area contributed by atoms with Gasteiger partial charge in [-0.3, -0.25) is 0 Å². The highest BCUT2D eigenvalue weighted by Crippen LogP contribution is 2.33. The number of nitrogens with two attached hydrogens (primary N) is 1. The Bertz CT molecular complexity index is 499. The summed E-state index contributed by atoms with van der Waals surface area (Å²) in [4.78, 5) is 4.10. The zero-order chi connectivity index (χ0) is 11.5. The first-order valence-electron chi connectivity index (χ1n) is 4.60. The molecule has 0 aliphatic carbocycles. The second-order valence-corrected chi connectivity index (χ2v) is 3.83. The van der Waals surface area contributed by atoms with Gasteiger partial charge in [0.05, 0.1) is 7.11 Å². The Morgan fingerprint density at radius 3 is 2.75 bits per heavy atom. The molecule has 1 heterocycles. The standard InChI is InChI=1S/C10H11N3O2S/c1-6-12-10(16-13-6)15-8-4-3-7(11)5-9(8)14-2/h3-5H,11H2,1-2H3. The molecule has 1 aromatic heterocycles. The highest BCUT2D eigenvalue weighted by Gasteiger charge is 2.08. The van der Waals surface area contributed by atoms with Gasteiger partial charge in [-0.25, -0.2) is 0 Å². The third-order valence-corrected chi connectivity index (χ3v) is 2.58. The van der Waals surface area contributed by atoms with E-state index in [1.54, 1.807) is 25.3 Å². The number of methoxy groups -OCH3 is 1. The number of ether oxygens (including phenoxy) is 2. The SMILES string of the molecule is COc1cc(N)ccc1Oc1nc(C)ns1. The van der Waals surface area contributed by atoms with Gasteiger partial charge in [0.2, 0.25) is 0 Å². The van der Waals surface area contributed by atoms with E-state index in [9.17, 15) is 0 Å². The third-order valence-electron chi connectivity index (χ3n) is 1.89. The van der Waals surface area contributed by atoms with Crippen LogP contribution in [-0.4, -0.2) is 16.5 Å². The molecule has 0 amide bonds. The topological polar surface area (TPSA) is 70.3 Å². The third kappa shape index (κ3) is 2.22. The van der Waals surface area contributed by atoms with E-state index >= 15 is 0 Å². The van der Waals surface area contributed by atoms with E-state index in [1.165, 1.54) is 11.5 Å². The van der Waals surface area contributed by atoms with E-state index in [0.717, 1.165) is 0 Å². The number of benzene rings is 1. The molecule has 2 aromatic rings. The van der Waals surface area contributed by atoms with Crippen molar-refractivity contribution in [2.45, 2.75) is 6.92 Å². The molecule has 0 fully saturated rings.